The maximum atomic E-state index is 11.9. The van der Waals surface area contributed by atoms with Crippen LogP contribution < -0.4 is 5.32 Å². The molecule has 9 heteroatoms. The van der Waals surface area contributed by atoms with Crippen molar-refractivity contribution >= 4 is 40.4 Å². The minimum Gasteiger partial charge on any atom is -0.342 e. The van der Waals surface area contributed by atoms with Crippen molar-refractivity contribution in [2.75, 3.05) is 0 Å². The van der Waals surface area contributed by atoms with Gasteiger partial charge >= 0.3 is 0 Å². The molecule has 0 saturated carbocycles. The summed E-state index contributed by atoms with van der Waals surface area (Å²) in [5.41, 5.74) is 0.344. The number of halogens is 2. The van der Waals surface area contributed by atoms with Gasteiger partial charge in [0.1, 0.15) is 4.34 Å². The monoisotopic (exact) mass is 291 g/mol. The molecule has 0 aliphatic carbocycles. The van der Waals surface area contributed by atoms with Gasteiger partial charge in [0.05, 0.1) is 15.9 Å². The Morgan fingerprint density at radius 1 is 1.59 bits per heavy atom. The molecular weight excluding hydrogens is 285 g/mol. The van der Waals surface area contributed by atoms with E-state index in [0.717, 1.165) is 11.3 Å². The highest BCUT2D eigenvalue weighted by molar-refractivity contribution is 7.20. The summed E-state index contributed by atoms with van der Waals surface area (Å²) >= 11 is 12.8. The van der Waals surface area contributed by atoms with Crippen LogP contribution in [0.25, 0.3) is 0 Å². The summed E-state index contributed by atoms with van der Waals surface area (Å²) in [5, 5.41) is 16.0. The molecule has 2 rings (SSSR count). The van der Waals surface area contributed by atoms with Gasteiger partial charge in [0.2, 0.25) is 0 Å². The number of amides is 1. The van der Waals surface area contributed by atoms with Gasteiger partial charge in [-0.15, -0.1) is 21.5 Å². The Hall–Kier alpha value is -1.18. The summed E-state index contributed by atoms with van der Waals surface area (Å²) in [4.78, 5) is 11.9. The lowest BCUT2D eigenvalue weighted by Crippen LogP contribution is -2.27. The van der Waals surface area contributed by atoms with Crippen molar-refractivity contribution in [1.82, 2.24) is 25.9 Å². The molecule has 1 amide bonds. The Balaban J connectivity index is 2.09. The number of hydrogen-bond donors (Lipinski definition) is 2. The SMILES string of the molecule is CC(NC(=O)c1cc(Cl)sc1Cl)c1nn[nH]n1. The Morgan fingerprint density at radius 3 is 2.88 bits per heavy atom. The van der Waals surface area contributed by atoms with Crippen LogP contribution in [0, 0.1) is 0 Å². The molecule has 2 heterocycles. The average molecular weight is 292 g/mol. The molecule has 90 valence electrons. The number of tetrazole rings is 1. The van der Waals surface area contributed by atoms with Crippen molar-refractivity contribution in [2.24, 2.45) is 0 Å². The Bertz CT molecular complexity index is 526. The van der Waals surface area contributed by atoms with Crippen LogP contribution in [0.15, 0.2) is 6.07 Å². The fraction of sp³-hybridized carbons (Fsp3) is 0.250. The van der Waals surface area contributed by atoms with Crippen LogP contribution >= 0.6 is 34.5 Å². The minimum atomic E-state index is -0.365. The molecule has 0 saturated heterocycles. The van der Waals surface area contributed by atoms with Crippen LogP contribution in [0.5, 0.6) is 0 Å². The van der Waals surface area contributed by atoms with Crippen molar-refractivity contribution in [2.45, 2.75) is 13.0 Å². The van der Waals surface area contributed by atoms with E-state index >= 15 is 0 Å². The number of carbonyl (C=O) groups excluding carboxylic acids is 1. The molecule has 0 aromatic carbocycles. The fourth-order valence-corrected chi connectivity index (χ4v) is 2.65. The van der Waals surface area contributed by atoms with Crippen LogP contribution in [0.3, 0.4) is 0 Å². The Morgan fingerprint density at radius 2 is 2.35 bits per heavy atom. The van der Waals surface area contributed by atoms with Gasteiger partial charge in [0, 0.05) is 0 Å². The number of aromatic nitrogens is 4. The van der Waals surface area contributed by atoms with Gasteiger partial charge in [-0.2, -0.15) is 5.21 Å². The molecule has 0 aliphatic rings. The highest BCUT2D eigenvalue weighted by Crippen LogP contribution is 2.31. The first kappa shape index (κ1) is 12.3. The van der Waals surface area contributed by atoms with E-state index in [0.29, 0.717) is 20.1 Å². The van der Waals surface area contributed by atoms with E-state index in [2.05, 4.69) is 25.9 Å². The molecule has 17 heavy (non-hydrogen) atoms. The quantitative estimate of drug-likeness (QED) is 0.907. The first-order valence-electron chi connectivity index (χ1n) is 4.57. The lowest BCUT2D eigenvalue weighted by atomic mass is 10.2. The molecule has 1 unspecified atom stereocenters. The third-order valence-corrected chi connectivity index (χ3v) is 3.49. The molecule has 0 aliphatic heterocycles. The second-order valence-corrected chi connectivity index (χ2v) is 5.49. The summed E-state index contributed by atoms with van der Waals surface area (Å²) in [6.45, 7) is 1.74. The zero-order chi connectivity index (χ0) is 12.4. The summed E-state index contributed by atoms with van der Waals surface area (Å²) in [5.74, 6) is 0.0752. The summed E-state index contributed by atoms with van der Waals surface area (Å²) < 4.78 is 0.820. The third kappa shape index (κ3) is 2.74. The van der Waals surface area contributed by atoms with Gasteiger partial charge in [0.25, 0.3) is 5.91 Å². The van der Waals surface area contributed by atoms with E-state index in [1.165, 1.54) is 6.07 Å². The topological polar surface area (TPSA) is 83.6 Å². The fourth-order valence-electron chi connectivity index (χ4n) is 1.19. The van der Waals surface area contributed by atoms with Gasteiger partial charge in [0.15, 0.2) is 5.82 Å². The maximum absolute atomic E-state index is 11.9. The number of carbonyl (C=O) groups is 1. The molecule has 2 N–H and O–H groups in total. The zero-order valence-electron chi connectivity index (χ0n) is 8.57. The van der Waals surface area contributed by atoms with Crippen LogP contribution in [-0.2, 0) is 0 Å². The average Bonchev–Trinajstić information content (AvgIpc) is 2.87. The highest BCUT2D eigenvalue weighted by Gasteiger charge is 2.18. The maximum Gasteiger partial charge on any atom is 0.254 e. The van der Waals surface area contributed by atoms with Crippen molar-refractivity contribution in [3.05, 3.63) is 26.1 Å². The summed E-state index contributed by atoms with van der Waals surface area (Å²) in [7, 11) is 0. The van der Waals surface area contributed by atoms with E-state index in [-0.39, 0.29) is 11.9 Å². The number of rotatable bonds is 3. The third-order valence-electron chi connectivity index (χ3n) is 2.00. The van der Waals surface area contributed by atoms with Gasteiger partial charge in [-0.1, -0.05) is 28.4 Å². The second-order valence-electron chi connectivity index (χ2n) is 3.20. The lowest BCUT2D eigenvalue weighted by molar-refractivity contribution is 0.0939. The Kier molecular flexibility index (Phi) is 3.60. The van der Waals surface area contributed by atoms with Crippen LogP contribution in [0.4, 0.5) is 0 Å². The van der Waals surface area contributed by atoms with Gasteiger partial charge in [-0.05, 0) is 13.0 Å². The smallest absolute Gasteiger partial charge is 0.254 e. The molecule has 2 aromatic rings. The predicted octanol–water partition coefficient (Wildman–Crippen LogP) is 2.06. The molecule has 1 atom stereocenters. The number of thiophene rings is 1. The van der Waals surface area contributed by atoms with Crippen molar-refractivity contribution in [3.63, 3.8) is 0 Å². The number of hydrogen-bond acceptors (Lipinski definition) is 5. The lowest BCUT2D eigenvalue weighted by Gasteiger charge is -2.08. The van der Waals surface area contributed by atoms with E-state index < -0.39 is 0 Å². The van der Waals surface area contributed by atoms with Crippen molar-refractivity contribution in [1.29, 1.82) is 0 Å². The molecule has 0 spiro atoms. The molecule has 2 aromatic heterocycles. The van der Waals surface area contributed by atoms with E-state index in [1.807, 2.05) is 0 Å². The standard InChI is InChI=1S/C8H7Cl2N5OS/c1-3(7-12-14-15-13-7)11-8(16)4-2-5(9)17-6(4)10/h2-3H,1H3,(H,11,16)(H,12,13,14,15). The molecule has 0 radical (unpaired) electrons. The van der Waals surface area contributed by atoms with Crippen LogP contribution in [-0.4, -0.2) is 26.5 Å². The first-order chi connectivity index (χ1) is 8.08. The number of aromatic amines is 1. The summed E-state index contributed by atoms with van der Waals surface area (Å²) in [6.07, 6.45) is 0. The molecular formula is C8H7Cl2N5OS. The molecule has 0 bridgehead atoms. The van der Waals surface area contributed by atoms with E-state index in [1.54, 1.807) is 6.92 Å². The van der Waals surface area contributed by atoms with E-state index in [4.69, 9.17) is 23.2 Å². The second kappa shape index (κ2) is 4.99. The van der Waals surface area contributed by atoms with Gasteiger partial charge < -0.3 is 5.32 Å². The molecule has 0 fully saturated rings. The Labute approximate surface area is 110 Å². The van der Waals surface area contributed by atoms with E-state index in [9.17, 15) is 4.79 Å². The van der Waals surface area contributed by atoms with Crippen LogP contribution in [0.2, 0.25) is 8.67 Å². The summed E-state index contributed by atoms with van der Waals surface area (Å²) in [6, 6.07) is 1.16. The van der Waals surface area contributed by atoms with Gasteiger partial charge in [-0.3, -0.25) is 4.79 Å². The predicted molar refractivity (Wildman–Crippen MR) is 64.4 cm³/mol. The largest absolute Gasteiger partial charge is 0.342 e. The number of nitrogens with one attached hydrogen (secondary N) is 2. The highest BCUT2D eigenvalue weighted by atomic mass is 35.5. The normalized spacial score (nSPS) is 12.4. The zero-order valence-corrected chi connectivity index (χ0v) is 10.9. The van der Waals surface area contributed by atoms with Crippen molar-refractivity contribution in [3.8, 4) is 0 Å². The minimum absolute atomic E-state index is 0.324. The first-order valence-corrected chi connectivity index (χ1v) is 6.14. The van der Waals surface area contributed by atoms with Crippen molar-refractivity contribution < 1.29 is 4.79 Å². The molecule has 6 nitrogen and oxygen atoms in total. The van der Waals surface area contributed by atoms with Gasteiger partial charge in [-0.25, -0.2) is 0 Å². The number of nitrogens with zero attached hydrogens (tertiary/aromatic N) is 3. The van der Waals surface area contributed by atoms with Crippen LogP contribution in [0.1, 0.15) is 29.1 Å². The number of H-pyrrole nitrogens is 1.